The first-order chi connectivity index (χ1) is 12.0. The molecule has 5 heteroatoms. The van der Waals surface area contributed by atoms with E-state index in [1.165, 1.54) is 5.56 Å². The predicted octanol–water partition coefficient (Wildman–Crippen LogP) is 5.66. The van der Waals surface area contributed by atoms with Crippen molar-refractivity contribution in [2.24, 2.45) is 0 Å². The maximum atomic E-state index is 6.36. The van der Waals surface area contributed by atoms with E-state index < -0.39 is 0 Å². The molecule has 0 spiro atoms. The minimum atomic E-state index is 0.147. The van der Waals surface area contributed by atoms with Gasteiger partial charge in [0, 0.05) is 12.2 Å². The van der Waals surface area contributed by atoms with Crippen molar-refractivity contribution in [3.05, 3.63) is 76.4 Å². The maximum Gasteiger partial charge on any atom is 0.229 e. The Kier molecular flexibility index (Phi) is 5.19. The fourth-order valence-corrected chi connectivity index (χ4v) is 3.10. The van der Waals surface area contributed by atoms with E-state index in [1.54, 1.807) is 6.20 Å². The minimum Gasteiger partial charge on any atom is -0.363 e. The van der Waals surface area contributed by atoms with Crippen LogP contribution in [0.2, 0.25) is 5.02 Å². The lowest BCUT2D eigenvalue weighted by atomic mass is 10.1. The number of rotatable bonds is 5. The standard InChI is InChI=1S/C20H21ClN4/c1-13-11-14(2)19(17(21)12-13)25-20-22-10-9-18(24-20)23-15(3)16-7-5-4-6-8-16/h4-12,15H,1-3H3,(H2,22,23,24,25). The molecule has 1 heterocycles. The van der Waals surface area contributed by atoms with E-state index in [0.29, 0.717) is 11.0 Å². The summed E-state index contributed by atoms with van der Waals surface area (Å²) in [4.78, 5) is 8.84. The number of halogens is 1. The Balaban J connectivity index is 1.78. The molecule has 0 aliphatic carbocycles. The summed E-state index contributed by atoms with van der Waals surface area (Å²) in [6.07, 6.45) is 1.73. The van der Waals surface area contributed by atoms with Crippen LogP contribution in [0, 0.1) is 13.8 Å². The fourth-order valence-electron chi connectivity index (χ4n) is 2.73. The number of anilines is 3. The van der Waals surface area contributed by atoms with Crippen LogP contribution in [0.15, 0.2) is 54.7 Å². The summed E-state index contributed by atoms with van der Waals surface area (Å²) in [7, 11) is 0. The topological polar surface area (TPSA) is 49.8 Å². The molecule has 0 amide bonds. The quantitative estimate of drug-likeness (QED) is 0.621. The van der Waals surface area contributed by atoms with Crippen LogP contribution in [0.1, 0.15) is 29.7 Å². The van der Waals surface area contributed by atoms with Crippen LogP contribution in [-0.4, -0.2) is 9.97 Å². The Morgan fingerprint density at radius 2 is 1.80 bits per heavy atom. The zero-order valence-electron chi connectivity index (χ0n) is 14.5. The Bertz CT molecular complexity index is 842. The second-order valence-corrected chi connectivity index (χ2v) is 6.51. The van der Waals surface area contributed by atoms with Gasteiger partial charge >= 0.3 is 0 Å². The molecule has 0 aliphatic rings. The highest BCUT2D eigenvalue weighted by Gasteiger charge is 2.09. The van der Waals surface area contributed by atoms with Gasteiger partial charge in [-0.1, -0.05) is 48.0 Å². The van der Waals surface area contributed by atoms with Gasteiger partial charge in [0.25, 0.3) is 0 Å². The molecule has 0 saturated heterocycles. The Morgan fingerprint density at radius 3 is 2.52 bits per heavy atom. The average Bonchev–Trinajstić information content (AvgIpc) is 2.59. The highest BCUT2D eigenvalue weighted by molar-refractivity contribution is 6.33. The third-order valence-corrected chi connectivity index (χ3v) is 4.29. The summed E-state index contributed by atoms with van der Waals surface area (Å²) < 4.78 is 0. The molecule has 25 heavy (non-hydrogen) atoms. The molecular formula is C20H21ClN4. The molecule has 0 radical (unpaired) electrons. The van der Waals surface area contributed by atoms with Crippen molar-refractivity contribution in [3.63, 3.8) is 0 Å². The Labute approximate surface area is 153 Å². The van der Waals surface area contributed by atoms with E-state index in [2.05, 4.69) is 45.7 Å². The zero-order chi connectivity index (χ0) is 17.8. The van der Waals surface area contributed by atoms with Gasteiger partial charge in [0.05, 0.1) is 10.7 Å². The van der Waals surface area contributed by atoms with Crippen LogP contribution in [0.5, 0.6) is 0 Å². The summed E-state index contributed by atoms with van der Waals surface area (Å²) in [5.41, 5.74) is 4.22. The third kappa shape index (κ3) is 4.28. The van der Waals surface area contributed by atoms with E-state index in [9.17, 15) is 0 Å². The molecule has 1 aromatic heterocycles. The number of nitrogens with zero attached hydrogens (tertiary/aromatic N) is 2. The van der Waals surface area contributed by atoms with Crippen molar-refractivity contribution in [3.8, 4) is 0 Å². The number of hydrogen-bond acceptors (Lipinski definition) is 4. The summed E-state index contributed by atoms with van der Waals surface area (Å²) in [6, 6.07) is 16.3. The summed E-state index contributed by atoms with van der Waals surface area (Å²) in [5.74, 6) is 1.27. The molecule has 1 atom stereocenters. The van der Waals surface area contributed by atoms with Crippen molar-refractivity contribution in [2.75, 3.05) is 10.6 Å². The van der Waals surface area contributed by atoms with Gasteiger partial charge < -0.3 is 10.6 Å². The fraction of sp³-hybridized carbons (Fsp3) is 0.200. The Hall–Kier alpha value is -2.59. The van der Waals surface area contributed by atoms with Crippen molar-refractivity contribution in [2.45, 2.75) is 26.8 Å². The largest absolute Gasteiger partial charge is 0.363 e. The lowest BCUT2D eigenvalue weighted by Gasteiger charge is -2.16. The van der Waals surface area contributed by atoms with Crippen LogP contribution in [0.3, 0.4) is 0 Å². The molecular weight excluding hydrogens is 332 g/mol. The number of benzene rings is 2. The van der Waals surface area contributed by atoms with Gasteiger partial charge in [0.2, 0.25) is 5.95 Å². The van der Waals surface area contributed by atoms with Crippen molar-refractivity contribution in [1.29, 1.82) is 0 Å². The second-order valence-electron chi connectivity index (χ2n) is 6.11. The first-order valence-corrected chi connectivity index (χ1v) is 8.59. The van der Waals surface area contributed by atoms with E-state index in [4.69, 9.17) is 11.6 Å². The highest BCUT2D eigenvalue weighted by atomic mass is 35.5. The van der Waals surface area contributed by atoms with Gasteiger partial charge in [0.1, 0.15) is 5.82 Å². The lowest BCUT2D eigenvalue weighted by Crippen LogP contribution is -2.09. The molecule has 3 rings (SSSR count). The number of nitrogens with one attached hydrogen (secondary N) is 2. The normalized spacial score (nSPS) is 11.8. The molecule has 128 valence electrons. The van der Waals surface area contributed by atoms with Gasteiger partial charge in [-0.15, -0.1) is 0 Å². The van der Waals surface area contributed by atoms with Crippen molar-refractivity contribution >= 4 is 29.1 Å². The third-order valence-electron chi connectivity index (χ3n) is 3.99. The first-order valence-electron chi connectivity index (χ1n) is 8.21. The molecule has 0 saturated carbocycles. The van der Waals surface area contributed by atoms with Crippen LogP contribution in [0.25, 0.3) is 0 Å². The molecule has 0 aliphatic heterocycles. The number of aromatic nitrogens is 2. The van der Waals surface area contributed by atoms with E-state index >= 15 is 0 Å². The lowest BCUT2D eigenvalue weighted by molar-refractivity contribution is 0.873. The van der Waals surface area contributed by atoms with Gasteiger partial charge in [-0.25, -0.2) is 4.98 Å². The molecule has 4 nitrogen and oxygen atoms in total. The smallest absolute Gasteiger partial charge is 0.229 e. The van der Waals surface area contributed by atoms with Gasteiger partial charge in [0.15, 0.2) is 0 Å². The summed E-state index contributed by atoms with van der Waals surface area (Å²) in [6.45, 7) is 6.14. The monoisotopic (exact) mass is 352 g/mol. The van der Waals surface area contributed by atoms with E-state index in [1.807, 2.05) is 44.2 Å². The predicted molar refractivity (Wildman–Crippen MR) is 105 cm³/mol. The first kappa shape index (κ1) is 17.2. The maximum absolute atomic E-state index is 6.36. The molecule has 1 unspecified atom stereocenters. The average molecular weight is 353 g/mol. The van der Waals surface area contributed by atoms with Crippen LogP contribution in [0.4, 0.5) is 17.5 Å². The SMILES string of the molecule is Cc1cc(C)c(Nc2nccc(NC(C)c3ccccc3)n2)c(Cl)c1. The van der Waals surface area contributed by atoms with E-state index in [0.717, 1.165) is 22.6 Å². The van der Waals surface area contributed by atoms with Crippen LogP contribution in [-0.2, 0) is 0 Å². The molecule has 2 aromatic carbocycles. The summed E-state index contributed by atoms with van der Waals surface area (Å²) >= 11 is 6.36. The van der Waals surface area contributed by atoms with Crippen molar-refractivity contribution in [1.82, 2.24) is 9.97 Å². The molecule has 3 aromatic rings. The number of hydrogen-bond donors (Lipinski definition) is 2. The van der Waals surface area contributed by atoms with Crippen molar-refractivity contribution < 1.29 is 0 Å². The highest BCUT2D eigenvalue weighted by Crippen LogP contribution is 2.29. The Morgan fingerprint density at radius 1 is 1.04 bits per heavy atom. The van der Waals surface area contributed by atoms with Crippen LogP contribution < -0.4 is 10.6 Å². The minimum absolute atomic E-state index is 0.147. The number of aryl methyl sites for hydroxylation is 2. The molecule has 0 bridgehead atoms. The molecule has 0 fully saturated rings. The van der Waals surface area contributed by atoms with Gasteiger partial charge in [-0.3, -0.25) is 0 Å². The van der Waals surface area contributed by atoms with Gasteiger partial charge in [-0.05, 0) is 49.6 Å². The second kappa shape index (κ2) is 7.53. The zero-order valence-corrected chi connectivity index (χ0v) is 15.3. The van der Waals surface area contributed by atoms with E-state index in [-0.39, 0.29) is 6.04 Å². The molecule has 2 N–H and O–H groups in total. The van der Waals surface area contributed by atoms with Gasteiger partial charge in [-0.2, -0.15) is 4.98 Å². The summed E-state index contributed by atoms with van der Waals surface area (Å²) in [5, 5.41) is 7.29. The van der Waals surface area contributed by atoms with Crippen LogP contribution >= 0.6 is 11.6 Å².